The van der Waals surface area contributed by atoms with Gasteiger partial charge in [0.1, 0.15) is 24.3 Å². The topological polar surface area (TPSA) is 91.2 Å². The smallest absolute Gasteiger partial charge is 0.338 e. The van der Waals surface area contributed by atoms with Crippen molar-refractivity contribution in [1.82, 2.24) is 20.2 Å². The number of carbonyl (C=O) groups is 1. The molecule has 0 aliphatic carbocycles. The number of nitrogens with zero attached hydrogens (tertiary/aromatic N) is 4. The molecular weight excluding hydrogens is 336 g/mol. The number of aromatic nitrogens is 4. The number of hydrogen-bond donors (Lipinski definition) is 1. The standard InChI is InChI=1S/C15H15F2N5O3/c1-8-11(14(23)25-7-6-24-2)13(22-15(18-8)19-20-21-22)12-9(16)4-3-5-10(12)17/h3-5,13H,6-7H2,1-2H3,(H,18,19,21)/t13-/m0/s1. The van der Waals surface area contributed by atoms with Crippen LogP contribution in [0, 0.1) is 11.6 Å². The molecule has 2 aromatic rings. The summed E-state index contributed by atoms with van der Waals surface area (Å²) in [7, 11) is 1.46. The lowest BCUT2D eigenvalue weighted by Crippen LogP contribution is -2.31. The summed E-state index contributed by atoms with van der Waals surface area (Å²) in [5, 5.41) is 13.8. The maximum Gasteiger partial charge on any atom is 0.338 e. The summed E-state index contributed by atoms with van der Waals surface area (Å²) in [5.41, 5.74) is 0.0212. The van der Waals surface area contributed by atoms with E-state index >= 15 is 0 Å². The SMILES string of the molecule is COCCOC(=O)C1=C(C)Nc2nnnn2[C@@H]1c1c(F)cccc1F. The highest BCUT2D eigenvalue weighted by molar-refractivity contribution is 5.92. The minimum absolute atomic E-state index is 0.00104. The summed E-state index contributed by atoms with van der Waals surface area (Å²) in [6.45, 7) is 1.78. The van der Waals surface area contributed by atoms with Crippen LogP contribution < -0.4 is 5.32 Å². The molecule has 0 radical (unpaired) electrons. The first-order valence-electron chi connectivity index (χ1n) is 7.40. The summed E-state index contributed by atoms with van der Waals surface area (Å²) in [6.07, 6.45) is 0. The van der Waals surface area contributed by atoms with Crippen molar-refractivity contribution in [2.24, 2.45) is 0 Å². The number of halogens is 2. The Morgan fingerprint density at radius 1 is 1.32 bits per heavy atom. The van der Waals surface area contributed by atoms with Crippen LogP contribution in [0.4, 0.5) is 14.7 Å². The Labute approximate surface area is 141 Å². The number of hydrogen-bond acceptors (Lipinski definition) is 7. The number of methoxy groups -OCH3 is 1. The summed E-state index contributed by atoms with van der Waals surface area (Å²) >= 11 is 0. The molecule has 132 valence electrons. The van der Waals surface area contributed by atoms with E-state index in [9.17, 15) is 13.6 Å². The van der Waals surface area contributed by atoms with Crippen molar-refractivity contribution in [3.8, 4) is 0 Å². The van der Waals surface area contributed by atoms with Crippen molar-refractivity contribution in [2.45, 2.75) is 13.0 Å². The van der Waals surface area contributed by atoms with Crippen LogP contribution in [0.3, 0.4) is 0 Å². The van der Waals surface area contributed by atoms with E-state index in [1.54, 1.807) is 6.92 Å². The molecule has 0 spiro atoms. The molecule has 10 heteroatoms. The quantitative estimate of drug-likeness (QED) is 0.644. The molecule has 0 unspecified atom stereocenters. The lowest BCUT2D eigenvalue weighted by Gasteiger charge is -2.27. The Balaban J connectivity index is 2.09. The molecule has 1 atom stereocenters. The van der Waals surface area contributed by atoms with Gasteiger partial charge in [-0.05, 0) is 29.5 Å². The number of tetrazole rings is 1. The van der Waals surface area contributed by atoms with E-state index in [0.717, 1.165) is 16.8 Å². The molecule has 25 heavy (non-hydrogen) atoms. The zero-order valence-corrected chi connectivity index (χ0v) is 13.5. The predicted molar refractivity (Wildman–Crippen MR) is 81.5 cm³/mol. The van der Waals surface area contributed by atoms with Crippen molar-refractivity contribution in [3.63, 3.8) is 0 Å². The zero-order chi connectivity index (χ0) is 18.0. The highest BCUT2D eigenvalue weighted by atomic mass is 19.1. The van der Waals surface area contributed by atoms with Gasteiger partial charge in [0.15, 0.2) is 0 Å². The van der Waals surface area contributed by atoms with Crippen molar-refractivity contribution < 1.29 is 23.0 Å². The lowest BCUT2D eigenvalue weighted by molar-refractivity contribution is -0.140. The predicted octanol–water partition coefficient (Wildman–Crippen LogP) is 1.43. The van der Waals surface area contributed by atoms with Gasteiger partial charge in [0.2, 0.25) is 5.95 Å². The van der Waals surface area contributed by atoms with Crippen molar-refractivity contribution in [1.29, 1.82) is 0 Å². The summed E-state index contributed by atoms with van der Waals surface area (Å²) < 4.78 is 39.8. The second-order valence-corrected chi connectivity index (χ2v) is 5.28. The molecule has 1 aromatic carbocycles. The first kappa shape index (κ1) is 17.0. The van der Waals surface area contributed by atoms with Gasteiger partial charge in [-0.25, -0.2) is 13.6 Å². The van der Waals surface area contributed by atoms with Gasteiger partial charge in [-0.15, -0.1) is 0 Å². The van der Waals surface area contributed by atoms with Crippen LogP contribution in [0.5, 0.6) is 0 Å². The number of carbonyl (C=O) groups excluding carboxylic acids is 1. The molecular formula is C15H15F2N5O3. The van der Waals surface area contributed by atoms with E-state index in [0.29, 0.717) is 5.70 Å². The van der Waals surface area contributed by atoms with E-state index < -0.39 is 23.6 Å². The number of ether oxygens (including phenoxy) is 2. The van der Waals surface area contributed by atoms with Gasteiger partial charge in [0.05, 0.1) is 17.7 Å². The minimum atomic E-state index is -1.19. The average Bonchev–Trinajstić information content (AvgIpc) is 3.02. The lowest BCUT2D eigenvalue weighted by atomic mass is 9.95. The second kappa shape index (κ2) is 6.93. The average molecular weight is 351 g/mol. The number of benzene rings is 1. The first-order chi connectivity index (χ1) is 12.0. The fraction of sp³-hybridized carbons (Fsp3) is 0.333. The van der Waals surface area contributed by atoms with Gasteiger partial charge in [0.25, 0.3) is 0 Å². The Morgan fingerprint density at radius 2 is 2.04 bits per heavy atom. The normalized spacial score (nSPS) is 16.4. The Kier molecular flexibility index (Phi) is 4.70. The van der Waals surface area contributed by atoms with Crippen LogP contribution in [0.15, 0.2) is 29.5 Å². The third-order valence-electron chi connectivity index (χ3n) is 3.73. The van der Waals surface area contributed by atoms with Gasteiger partial charge < -0.3 is 14.8 Å². The van der Waals surface area contributed by atoms with E-state index in [-0.39, 0.29) is 30.3 Å². The van der Waals surface area contributed by atoms with E-state index in [1.165, 1.54) is 13.2 Å². The van der Waals surface area contributed by atoms with Crippen molar-refractivity contribution in [3.05, 3.63) is 46.7 Å². The Morgan fingerprint density at radius 3 is 2.72 bits per heavy atom. The molecule has 0 bridgehead atoms. The number of nitrogens with one attached hydrogen (secondary N) is 1. The Hall–Kier alpha value is -2.88. The number of rotatable bonds is 5. The van der Waals surface area contributed by atoms with E-state index in [4.69, 9.17) is 9.47 Å². The fourth-order valence-electron chi connectivity index (χ4n) is 2.61. The van der Waals surface area contributed by atoms with E-state index in [2.05, 4.69) is 20.8 Å². The van der Waals surface area contributed by atoms with Gasteiger partial charge in [0, 0.05) is 12.8 Å². The first-order valence-corrected chi connectivity index (χ1v) is 7.40. The monoisotopic (exact) mass is 351 g/mol. The molecule has 1 aliphatic rings. The molecule has 1 N–H and O–H groups in total. The molecule has 3 rings (SSSR count). The van der Waals surface area contributed by atoms with Gasteiger partial charge in [-0.2, -0.15) is 4.68 Å². The van der Waals surface area contributed by atoms with Gasteiger partial charge >= 0.3 is 5.97 Å². The highest BCUT2D eigenvalue weighted by Crippen LogP contribution is 2.37. The molecule has 0 saturated heterocycles. The third-order valence-corrected chi connectivity index (χ3v) is 3.73. The van der Waals surface area contributed by atoms with Gasteiger partial charge in [-0.1, -0.05) is 11.2 Å². The molecule has 0 fully saturated rings. The van der Waals surface area contributed by atoms with Gasteiger partial charge in [-0.3, -0.25) is 0 Å². The van der Waals surface area contributed by atoms with Crippen LogP contribution >= 0.6 is 0 Å². The van der Waals surface area contributed by atoms with Crippen LogP contribution in [0.25, 0.3) is 0 Å². The summed E-state index contributed by atoms with van der Waals surface area (Å²) in [5.74, 6) is -2.21. The van der Waals surface area contributed by atoms with Crippen LogP contribution in [-0.2, 0) is 14.3 Å². The second-order valence-electron chi connectivity index (χ2n) is 5.28. The Bertz CT molecular complexity index is 816. The number of fused-ring (bicyclic) bond motifs is 1. The number of allylic oxidation sites excluding steroid dienone is 1. The maximum absolute atomic E-state index is 14.4. The molecule has 1 aliphatic heterocycles. The maximum atomic E-state index is 14.4. The van der Waals surface area contributed by atoms with Crippen molar-refractivity contribution in [2.75, 3.05) is 25.6 Å². The summed E-state index contributed by atoms with van der Waals surface area (Å²) in [4.78, 5) is 12.5. The molecule has 2 heterocycles. The third kappa shape index (κ3) is 3.07. The number of esters is 1. The fourth-order valence-corrected chi connectivity index (χ4v) is 2.61. The van der Waals surface area contributed by atoms with Crippen molar-refractivity contribution >= 4 is 11.9 Å². The van der Waals surface area contributed by atoms with Crippen LogP contribution in [0.1, 0.15) is 18.5 Å². The largest absolute Gasteiger partial charge is 0.460 e. The van der Waals surface area contributed by atoms with Crippen LogP contribution in [-0.4, -0.2) is 46.5 Å². The minimum Gasteiger partial charge on any atom is -0.460 e. The zero-order valence-electron chi connectivity index (χ0n) is 13.5. The molecule has 0 saturated carbocycles. The van der Waals surface area contributed by atoms with Crippen LogP contribution in [0.2, 0.25) is 0 Å². The summed E-state index contributed by atoms with van der Waals surface area (Å²) in [6, 6.07) is 2.26. The number of anilines is 1. The molecule has 8 nitrogen and oxygen atoms in total. The van der Waals surface area contributed by atoms with E-state index in [1.807, 2.05) is 0 Å². The highest BCUT2D eigenvalue weighted by Gasteiger charge is 2.38. The molecule has 0 amide bonds. The molecule has 1 aromatic heterocycles.